The maximum atomic E-state index is 9.53. The lowest BCUT2D eigenvalue weighted by molar-refractivity contribution is 0.0607. The zero-order valence-electron chi connectivity index (χ0n) is 11.3. The molecule has 0 aromatic heterocycles. The van der Waals surface area contributed by atoms with Gasteiger partial charge in [0.25, 0.3) is 5.66 Å². The third-order valence-electron chi connectivity index (χ3n) is 2.63. The molecule has 0 spiro atoms. The van der Waals surface area contributed by atoms with Crippen molar-refractivity contribution in [2.45, 2.75) is 5.66 Å². The summed E-state index contributed by atoms with van der Waals surface area (Å²) < 4.78 is 0. The van der Waals surface area contributed by atoms with Crippen LogP contribution in [0.5, 0.6) is 0 Å². The van der Waals surface area contributed by atoms with Gasteiger partial charge >= 0.3 is 0 Å². The van der Waals surface area contributed by atoms with Crippen LogP contribution in [0.25, 0.3) is 0 Å². The monoisotopic (exact) mass is 256 g/mol. The van der Waals surface area contributed by atoms with Gasteiger partial charge in [-0.15, -0.1) is 26.3 Å². The predicted octanol–water partition coefficient (Wildman–Crippen LogP) is 2.08. The van der Waals surface area contributed by atoms with E-state index in [4.69, 9.17) is 0 Å². The molecule has 0 rings (SSSR count). The van der Waals surface area contributed by atoms with Crippen LogP contribution in [-0.4, -0.2) is 41.6 Å². The third-order valence-corrected chi connectivity index (χ3v) is 2.63. The predicted molar refractivity (Wildman–Crippen MR) is 77.9 cm³/mol. The summed E-state index contributed by atoms with van der Waals surface area (Å²) in [6.07, 6.45) is 6.64. The van der Waals surface area contributed by atoms with Crippen LogP contribution >= 0.6 is 0 Å². The average molecular weight is 256 g/mol. The summed E-state index contributed by atoms with van der Waals surface area (Å²) in [5.41, 5.74) is -1.38. The van der Waals surface area contributed by atoms with Crippen molar-refractivity contribution in [2.75, 3.05) is 26.2 Å². The summed E-state index contributed by atoms with van der Waals surface area (Å²) in [6.45, 7) is 16.3. The zero-order valence-corrected chi connectivity index (χ0v) is 11.3. The molecular formula is C15H20N4. The maximum Gasteiger partial charge on any atom is 0.253 e. The number of rotatable bonds is 10. The molecule has 100 valence electrons. The lowest BCUT2D eigenvalue weighted by atomic mass is 10.1. The Hall–Kier alpha value is -2.14. The van der Waals surface area contributed by atoms with Crippen LogP contribution in [0, 0.1) is 22.7 Å². The Morgan fingerprint density at radius 3 is 1.16 bits per heavy atom. The molecule has 0 N–H and O–H groups in total. The maximum absolute atomic E-state index is 9.53. The molecule has 0 heterocycles. The molecule has 0 aliphatic rings. The summed E-state index contributed by atoms with van der Waals surface area (Å²) in [5, 5.41) is 19.1. The second-order valence-corrected chi connectivity index (χ2v) is 3.86. The molecule has 0 fully saturated rings. The molecule has 0 amide bonds. The Morgan fingerprint density at radius 2 is 1.00 bits per heavy atom. The van der Waals surface area contributed by atoms with Crippen LogP contribution in [0.1, 0.15) is 0 Å². The topological polar surface area (TPSA) is 54.1 Å². The van der Waals surface area contributed by atoms with Crippen molar-refractivity contribution in [1.29, 1.82) is 10.5 Å². The molecule has 0 unspecified atom stereocenters. The fourth-order valence-corrected chi connectivity index (χ4v) is 1.81. The van der Waals surface area contributed by atoms with Crippen molar-refractivity contribution in [3.63, 3.8) is 0 Å². The van der Waals surface area contributed by atoms with E-state index in [1.54, 1.807) is 34.1 Å². The summed E-state index contributed by atoms with van der Waals surface area (Å²) in [7, 11) is 0. The first kappa shape index (κ1) is 16.9. The smallest absolute Gasteiger partial charge is 0.253 e. The summed E-state index contributed by atoms with van der Waals surface area (Å²) >= 11 is 0. The highest BCUT2D eigenvalue weighted by Crippen LogP contribution is 2.20. The lowest BCUT2D eigenvalue weighted by Crippen LogP contribution is -2.59. The second-order valence-electron chi connectivity index (χ2n) is 3.86. The van der Waals surface area contributed by atoms with Crippen LogP contribution in [-0.2, 0) is 0 Å². The van der Waals surface area contributed by atoms with Gasteiger partial charge in [-0.1, -0.05) is 24.3 Å². The molecule has 0 atom stereocenters. The summed E-state index contributed by atoms with van der Waals surface area (Å²) in [5.74, 6) is 0. The Balaban J connectivity index is 5.62. The fourth-order valence-electron chi connectivity index (χ4n) is 1.81. The van der Waals surface area contributed by atoms with E-state index in [-0.39, 0.29) is 0 Å². The van der Waals surface area contributed by atoms with E-state index in [9.17, 15) is 10.5 Å². The molecule has 0 aliphatic carbocycles. The van der Waals surface area contributed by atoms with Crippen molar-refractivity contribution in [3.05, 3.63) is 50.6 Å². The van der Waals surface area contributed by atoms with Gasteiger partial charge in [0.1, 0.15) is 12.1 Å². The molecule has 0 aromatic carbocycles. The first-order valence-corrected chi connectivity index (χ1v) is 5.93. The zero-order chi connectivity index (χ0) is 14.7. The van der Waals surface area contributed by atoms with E-state index in [0.29, 0.717) is 26.2 Å². The van der Waals surface area contributed by atoms with Gasteiger partial charge in [-0.2, -0.15) is 10.5 Å². The van der Waals surface area contributed by atoms with Crippen molar-refractivity contribution >= 4 is 0 Å². The Kier molecular flexibility index (Phi) is 7.88. The molecule has 0 aliphatic heterocycles. The van der Waals surface area contributed by atoms with Gasteiger partial charge in [0.05, 0.1) is 0 Å². The number of nitrogens with zero attached hydrogens (tertiary/aromatic N) is 4. The van der Waals surface area contributed by atoms with Crippen LogP contribution in [0.2, 0.25) is 0 Å². The van der Waals surface area contributed by atoms with Crippen LogP contribution in [0.15, 0.2) is 50.6 Å². The van der Waals surface area contributed by atoms with Crippen molar-refractivity contribution in [1.82, 2.24) is 9.80 Å². The number of nitriles is 2. The Morgan fingerprint density at radius 1 is 0.737 bits per heavy atom. The SMILES string of the molecule is C=CCN(CC=C)C(C#N)(C#N)N(CC=C)CC=C. The summed E-state index contributed by atoms with van der Waals surface area (Å²) in [6, 6.07) is 4.21. The van der Waals surface area contributed by atoms with E-state index in [0.717, 1.165) is 0 Å². The van der Waals surface area contributed by atoms with Gasteiger partial charge in [-0.05, 0) is 0 Å². The highest BCUT2D eigenvalue weighted by Gasteiger charge is 2.41. The lowest BCUT2D eigenvalue weighted by Gasteiger charge is -2.39. The molecule has 4 heteroatoms. The van der Waals surface area contributed by atoms with E-state index in [1.165, 1.54) is 0 Å². The van der Waals surface area contributed by atoms with Gasteiger partial charge < -0.3 is 0 Å². The van der Waals surface area contributed by atoms with Crippen LogP contribution in [0.4, 0.5) is 0 Å². The first-order chi connectivity index (χ1) is 9.16. The minimum atomic E-state index is -1.38. The largest absolute Gasteiger partial charge is 0.254 e. The van der Waals surface area contributed by atoms with Crippen LogP contribution in [0.3, 0.4) is 0 Å². The molecule has 19 heavy (non-hydrogen) atoms. The fraction of sp³-hybridized carbons (Fsp3) is 0.333. The number of hydrogen-bond acceptors (Lipinski definition) is 4. The van der Waals surface area contributed by atoms with E-state index >= 15 is 0 Å². The van der Waals surface area contributed by atoms with Crippen LogP contribution < -0.4 is 0 Å². The highest BCUT2D eigenvalue weighted by molar-refractivity contribution is 5.23. The van der Waals surface area contributed by atoms with Crippen molar-refractivity contribution in [2.24, 2.45) is 0 Å². The molecule has 0 bridgehead atoms. The highest BCUT2D eigenvalue weighted by atomic mass is 15.4. The van der Waals surface area contributed by atoms with E-state index in [1.807, 2.05) is 0 Å². The van der Waals surface area contributed by atoms with Gasteiger partial charge in [0.2, 0.25) is 0 Å². The molecular weight excluding hydrogens is 236 g/mol. The Bertz CT molecular complexity index is 351. The van der Waals surface area contributed by atoms with E-state index < -0.39 is 5.66 Å². The first-order valence-electron chi connectivity index (χ1n) is 5.93. The number of hydrogen-bond donors (Lipinski definition) is 0. The van der Waals surface area contributed by atoms with Gasteiger partial charge in [0, 0.05) is 26.2 Å². The quantitative estimate of drug-likeness (QED) is 0.443. The molecule has 0 aromatic rings. The third kappa shape index (κ3) is 3.93. The molecule has 4 nitrogen and oxygen atoms in total. The standard InChI is InChI=1S/C15H20N4/c1-5-9-18(10-6-2)15(13-16,14-17)19(11-7-3)12-8-4/h5-8H,1-4,9-12H2. The van der Waals surface area contributed by atoms with Gasteiger partial charge in [-0.25, -0.2) is 0 Å². The second kappa shape index (κ2) is 8.88. The van der Waals surface area contributed by atoms with Gasteiger partial charge in [-0.3, -0.25) is 9.80 Å². The molecule has 0 saturated carbocycles. The minimum Gasteiger partial charge on any atom is -0.254 e. The summed E-state index contributed by atoms with van der Waals surface area (Å²) in [4.78, 5) is 3.42. The van der Waals surface area contributed by atoms with E-state index in [2.05, 4.69) is 38.5 Å². The molecule has 0 radical (unpaired) electrons. The average Bonchev–Trinajstić information content (AvgIpc) is 2.41. The van der Waals surface area contributed by atoms with Crippen molar-refractivity contribution in [3.8, 4) is 12.1 Å². The Labute approximate surface area is 115 Å². The van der Waals surface area contributed by atoms with Gasteiger partial charge in [0.15, 0.2) is 0 Å². The minimum absolute atomic E-state index is 0.415. The normalized spacial score (nSPS) is 10.5. The molecule has 0 saturated heterocycles. The van der Waals surface area contributed by atoms with Crippen molar-refractivity contribution < 1.29 is 0 Å².